The maximum atomic E-state index is 11.4. The lowest BCUT2D eigenvalue weighted by atomic mass is 9.95. The van der Waals surface area contributed by atoms with Gasteiger partial charge in [-0.15, -0.1) is 0 Å². The summed E-state index contributed by atoms with van der Waals surface area (Å²) >= 11 is -2.01. The van der Waals surface area contributed by atoms with Gasteiger partial charge in [0.25, 0.3) is 0 Å². The van der Waals surface area contributed by atoms with Crippen LogP contribution in [0.15, 0.2) is 36.5 Å². The molecule has 0 saturated heterocycles. The Kier molecular flexibility index (Phi) is 4.28. The van der Waals surface area contributed by atoms with E-state index in [9.17, 15) is 9.00 Å². The smallest absolute Gasteiger partial charge is 0.232 e. The van der Waals surface area contributed by atoms with Gasteiger partial charge in [0.1, 0.15) is 5.82 Å². The van der Waals surface area contributed by atoms with Crippen LogP contribution in [0, 0.1) is 0 Å². The third-order valence-electron chi connectivity index (χ3n) is 3.58. The molecule has 1 aliphatic rings. The number of nitrogens with one attached hydrogen (secondary N) is 2. The van der Waals surface area contributed by atoms with Crippen LogP contribution in [0.4, 0.5) is 5.82 Å². The molecule has 0 saturated carbocycles. The average Bonchev–Trinajstić information content (AvgIpc) is 2.52. The van der Waals surface area contributed by atoms with Crippen molar-refractivity contribution in [1.29, 1.82) is 0 Å². The van der Waals surface area contributed by atoms with Gasteiger partial charge in [-0.05, 0) is 29.2 Å². The molecule has 6 nitrogen and oxygen atoms in total. The third kappa shape index (κ3) is 3.22. The first-order chi connectivity index (χ1) is 10.6. The molecule has 0 fully saturated rings. The molecular formula is C15H15N3O3S. The Bertz CT molecular complexity index is 731. The largest absolute Gasteiger partial charge is 0.310 e. The van der Waals surface area contributed by atoms with Crippen molar-refractivity contribution in [2.75, 3.05) is 5.32 Å². The zero-order chi connectivity index (χ0) is 15.5. The van der Waals surface area contributed by atoms with Gasteiger partial charge in [0.05, 0.1) is 0 Å². The van der Waals surface area contributed by atoms with Crippen LogP contribution >= 0.6 is 0 Å². The quantitative estimate of drug-likeness (QED) is 0.751. The topological polar surface area (TPSA) is 91.3 Å². The van der Waals surface area contributed by atoms with Gasteiger partial charge in [-0.1, -0.05) is 24.3 Å². The SMILES string of the molecule is O=C1CCc2c(-c3ccc(CNS(=O)O)cc3)ccnc2N1. The first-order valence-corrected chi connectivity index (χ1v) is 7.95. The maximum absolute atomic E-state index is 11.4. The van der Waals surface area contributed by atoms with Crippen molar-refractivity contribution in [1.82, 2.24) is 9.71 Å². The number of carbonyl (C=O) groups excluding carboxylic acids is 1. The number of amides is 1. The van der Waals surface area contributed by atoms with E-state index in [0.29, 0.717) is 25.2 Å². The van der Waals surface area contributed by atoms with Gasteiger partial charge in [0.2, 0.25) is 17.2 Å². The second-order valence-electron chi connectivity index (χ2n) is 5.00. The Hall–Kier alpha value is -2.09. The molecule has 0 radical (unpaired) electrons. The highest BCUT2D eigenvalue weighted by Crippen LogP contribution is 2.31. The summed E-state index contributed by atoms with van der Waals surface area (Å²) in [5, 5.41) is 2.79. The molecule has 114 valence electrons. The van der Waals surface area contributed by atoms with Gasteiger partial charge in [0, 0.05) is 24.7 Å². The number of benzene rings is 1. The fourth-order valence-corrected chi connectivity index (χ4v) is 2.79. The molecule has 0 aliphatic carbocycles. The number of nitrogens with zero attached hydrogens (tertiary/aromatic N) is 1. The Labute approximate surface area is 130 Å². The number of pyridine rings is 1. The van der Waals surface area contributed by atoms with Gasteiger partial charge in [-0.25, -0.2) is 13.9 Å². The molecule has 1 unspecified atom stereocenters. The molecule has 0 bridgehead atoms. The molecule has 1 aromatic heterocycles. The van der Waals surface area contributed by atoms with E-state index in [0.717, 1.165) is 22.3 Å². The Balaban J connectivity index is 1.87. The van der Waals surface area contributed by atoms with E-state index in [1.54, 1.807) is 6.20 Å². The number of hydrogen-bond donors (Lipinski definition) is 3. The standard InChI is InChI=1S/C15H15N3O3S/c19-14-6-5-13-12(7-8-16-15(13)18-14)11-3-1-10(2-4-11)9-17-22(20)21/h1-4,7-8,17H,5-6,9H2,(H,20,21)(H,16,18,19). The van der Waals surface area contributed by atoms with Crippen LogP contribution in [-0.2, 0) is 29.0 Å². The van der Waals surface area contributed by atoms with Gasteiger partial charge < -0.3 is 5.32 Å². The van der Waals surface area contributed by atoms with E-state index in [-0.39, 0.29) is 5.91 Å². The van der Waals surface area contributed by atoms with Gasteiger partial charge >= 0.3 is 0 Å². The van der Waals surface area contributed by atoms with Gasteiger partial charge in [0.15, 0.2) is 0 Å². The molecule has 2 aromatic rings. The Morgan fingerprint density at radius 3 is 2.73 bits per heavy atom. The molecule has 2 heterocycles. The highest BCUT2D eigenvalue weighted by molar-refractivity contribution is 7.77. The summed E-state index contributed by atoms with van der Waals surface area (Å²) in [4.78, 5) is 15.7. The first kappa shape index (κ1) is 14.8. The molecule has 3 N–H and O–H groups in total. The number of aromatic nitrogens is 1. The minimum Gasteiger partial charge on any atom is -0.310 e. The summed E-state index contributed by atoms with van der Waals surface area (Å²) in [6.07, 6.45) is 2.83. The molecule has 7 heteroatoms. The van der Waals surface area contributed by atoms with Crippen LogP contribution in [0.1, 0.15) is 17.5 Å². The number of fused-ring (bicyclic) bond motifs is 1. The van der Waals surface area contributed by atoms with E-state index in [1.807, 2.05) is 30.3 Å². The maximum Gasteiger partial charge on any atom is 0.232 e. The monoisotopic (exact) mass is 317 g/mol. The van der Waals surface area contributed by atoms with Crippen LogP contribution in [0.25, 0.3) is 11.1 Å². The predicted molar refractivity (Wildman–Crippen MR) is 84.2 cm³/mol. The molecule has 1 atom stereocenters. The summed E-state index contributed by atoms with van der Waals surface area (Å²) in [5.74, 6) is 0.630. The third-order valence-corrected chi connectivity index (χ3v) is 3.97. The molecule has 1 amide bonds. The van der Waals surface area contributed by atoms with Crippen molar-refractivity contribution in [2.45, 2.75) is 19.4 Å². The molecule has 3 rings (SSSR count). The fourth-order valence-electron chi connectivity index (χ4n) is 2.50. The second kappa shape index (κ2) is 6.35. The van der Waals surface area contributed by atoms with E-state index in [1.165, 1.54) is 0 Å². The molecular weight excluding hydrogens is 302 g/mol. The number of rotatable bonds is 4. The summed E-state index contributed by atoms with van der Waals surface area (Å²) in [6.45, 7) is 0.327. The summed E-state index contributed by atoms with van der Waals surface area (Å²) in [7, 11) is 0. The highest BCUT2D eigenvalue weighted by atomic mass is 32.2. The summed E-state index contributed by atoms with van der Waals surface area (Å²) in [6, 6.07) is 9.67. The number of anilines is 1. The van der Waals surface area contributed by atoms with Crippen molar-refractivity contribution in [3.63, 3.8) is 0 Å². The zero-order valence-corrected chi connectivity index (χ0v) is 12.5. The van der Waals surface area contributed by atoms with Crippen molar-refractivity contribution < 1.29 is 13.6 Å². The lowest BCUT2D eigenvalue weighted by Crippen LogP contribution is -2.20. The van der Waals surface area contributed by atoms with E-state index < -0.39 is 11.3 Å². The van der Waals surface area contributed by atoms with Crippen molar-refractivity contribution >= 4 is 23.0 Å². The normalized spacial score (nSPS) is 15.0. The molecule has 22 heavy (non-hydrogen) atoms. The van der Waals surface area contributed by atoms with Gasteiger partial charge in [-0.2, -0.15) is 0 Å². The molecule has 1 aliphatic heterocycles. The molecule has 1 aromatic carbocycles. The Morgan fingerprint density at radius 1 is 1.23 bits per heavy atom. The van der Waals surface area contributed by atoms with Crippen LogP contribution in [0.3, 0.4) is 0 Å². The summed E-state index contributed by atoms with van der Waals surface area (Å²) < 4.78 is 21.8. The highest BCUT2D eigenvalue weighted by Gasteiger charge is 2.19. The van der Waals surface area contributed by atoms with Crippen molar-refractivity contribution in [3.8, 4) is 11.1 Å². The minimum atomic E-state index is -2.01. The van der Waals surface area contributed by atoms with Crippen LogP contribution < -0.4 is 10.0 Å². The van der Waals surface area contributed by atoms with Crippen LogP contribution in [0.2, 0.25) is 0 Å². The van der Waals surface area contributed by atoms with Gasteiger partial charge in [-0.3, -0.25) is 9.35 Å². The lowest BCUT2D eigenvalue weighted by molar-refractivity contribution is -0.116. The van der Waals surface area contributed by atoms with Crippen LogP contribution in [0.5, 0.6) is 0 Å². The zero-order valence-electron chi connectivity index (χ0n) is 11.7. The van der Waals surface area contributed by atoms with Crippen LogP contribution in [-0.4, -0.2) is 19.7 Å². The minimum absolute atomic E-state index is 0.00410. The second-order valence-corrected chi connectivity index (χ2v) is 5.79. The summed E-state index contributed by atoms with van der Waals surface area (Å²) in [5.41, 5.74) is 4.05. The van der Waals surface area contributed by atoms with E-state index in [2.05, 4.69) is 15.0 Å². The van der Waals surface area contributed by atoms with Crippen molar-refractivity contribution in [2.24, 2.45) is 0 Å². The van der Waals surface area contributed by atoms with E-state index in [4.69, 9.17) is 4.55 Å². The fraction of sp³-hybridized carbons (Fsp3) is 0.200. The lowest BCUT2D eigenvalue weighted by Gasteiger charge is -2.19. The molecule has 0 spiro atoms. The predicted octanol–water partition coefficient (Wildman–Crippen LogP) is 1.86. The van der Waals surface area contributed by atoms with E-state index >= 15 is 0 Å². The number of carbonyl (C=O) groups is 1. The Morgan fingerprint density at radius 2 is 2.00 bits per heavy atom. The van der Waals surface area contributed by atoms with Crippen molar-refractivity contribution in [3.05, 3.63) is 47.7 Å². The average molecular weight is 317 g/mol. The first-order valence-electron chi connectivity index (χ1n) is 6.85. The number of hydrogen-bond acceptors (Lipinski definition) is 3.